The fourth-order valence-electron chi connectivity index (χ4n) is 4.94. The summed E-state index contributed by atoms with van der Waals surface area (Å²) in [6.07, 6.45) is 3.93. The molecular weight excluding hydrogens is 422 g/mol. The molecule has 9 nitrogen and oxygen atoms in total. The van der Waals surface area contributed by atoms with E-state index >= 15 is 0 Å². The Kier molecular flexibility index (Phi) is 5.60. The number of nitrogens with zero attached hydrogens (tertiary/aromatic N) is 5. The molecule has 0 radical (unpaired) electrons. The maximum atomic E-state index is 12.6. The lowest BCUT2D eigenvalue weighted by atomic mass is 9.84. The molecule has 2 atom stereocenters. The number of anilines is 2. The summed E-state index contributed by atoms with van der Waals surface area (Å²) in [5, 5.41) is 0. The molecule has 0 N–H and O–H groups in total. The van der Waals surface area contributed by atoms with Crippen molar-refractivity contribution in [1.29, 1.82) is 0 Å². The third kappa shape index (κ3) is 4.34. The maximum absolute atomic E-state index is 12.6. The fraction of sp³-hybridized carbons (Fsp3) is 0.583. The van der Waals surface area contributed by atoms with Gasteiger partial charge in [0.25, 0.3) is 0 Å². The largest absolute Gasteiger partial charge is 0.473 e. The Morgan fingerprint density at radius 1 is 1.15 bits per heavy atom. The van der Waals surface area contributed by atoms with Crippen LogP contribution in [0.2, 0.25) is 0 Å². The van der Waals surface area contributed by atoms with Crippen LogP contribution in [-0.2, 0) is 15.9 Å². The van der Waals surface area contributed by atoms with Crippen molar-refractivity contribution in [2.45, 2.75) is 45.8 Å². The Labute approximate surface area is 194 Å². The first-order valence-electron chi connectivity index (χ1n) is 11.6. The number of hydrogen-bond acceptors (Lipinski definition) is 8. The molecule has 3 aliphatic rings. The molecule has 2 aromatic rings. The van der Waals surface area contributed by atoms with Crippen molar-refractivity contribution in [3.63, 3.8) is 0 Å². The molecule has 2 fully saturated rings. The minimum absolute atomic E-state index is 0.0551. The van der Waals surface area contributed by atoms with Crippen LogP contribution < -0.4 is 9.64 Å². The van der Waals surface area contributed by atoms with Crippen molar-refractivity contribution in [2.24, 2.45) is 11.8 Å². The van der Waals surface area contributed by atoms with Crippen molar-refractivity contribution >= 4 is 17.6 Å². The van der Waals surface area contributed by atoms with Crippen LogP contribution >= 0.6 is 0 Å². The first kappa shape index (κ1) is 21.9. The van der Waals surface area contributed by atoms with Crippen molar-refractivity contribution in [3.8, 4) is 5.88 Å². The number of fused-ring (bicyclic) bond motifs is 3. The second-order valence-corrected chi connectivity index (χ2v) is 10.0. The number of rotatable bonds is 3. The van der Waals surface area contributed by atoms with Crippen LogP contribution in [0.5, 0.6) is 5.88 Å². The highest BCUT2D eigenvalue weighted by atomic mass is 16.6. The van der Waals surface area contributed by atoms with Gasteiger partial charge in [-0.3, -0.25) is 4.98 Å². The molecule has 9 heteroatoms. The van der Waals surface area contributed by atoms with Crippen molar-refractivity contribution in [3.05, 3.63) is 35.9 Å². The summed E-state index contributed by atoms with van der Waals surface area (Å²) in [6.45, 7) is 10.7. The Bertz CT molecular complexity index is 1030. The maximum Gasteiger partial charge on any atom is 0.410 e. The summed E-state index contributed by atoms with van der Waals surface area (Å²) in [5.74, 6) is 1.54. The van der Waals surface area contributed by atoms with Gasteiger partial charge in [0.2, 0.25) is 5.88 Å². The van der Waals surface area contributed by atoms with E-state index in [1.165, 1.54) is 0 Å². The lowest BCUT2D eigenvalue weighted by Crippen LogP contribution is -2.59. The van der Waals surface area contributed by atoms with Gasteiger partial charge in [-0.1, -0.05) is 0 Å². The smallest absolute Gasteiger partial charge is 0.410 e. The Hall–Kier alpha value is -2.94. The molecule has 0 aromatic carbocycles. The Balaban J connectivity index is 1.34. The summed E-state index contributed by atoms with van der Waals surface area (Å²) < 4.78 is 17.9. The van der Waals surface area contributed by atoms with E-state index in [0.717, 1.165) is 35.7 Å². The number of aromatic nitrogens is 3. The van der Waals surface area contributed by atoms with Crippen LogP contribution in [0.3, 0.4) is 0 Å². The lowest BCUT2D eigenvalue weighted by molar-refractivity contribution is -0.113. The highest BCUT2D eigenvalue weighted by Crippen LogP contribution is 2.37. The van der Waals surface area contributed by atoms with Gasteiger partial charge in [0.1, 0.15) is 23.9 Å². The average molecular weight is 454 g/mol. The molecule has 0 spiro atoms. The number of carbonyl (C=O) groups excluding carboxylic acids is 1. The van der Waals surface area contributed by atoms with Crippen LogP contribution in [0.15, 0.2) is 24.7 Å². The van der Waals surface area contributed by atoms with Crippen LogP contribution in [-0.4, -0.2) is 70.5 Å². The molecule has 1 amide bonds. The van der Waals surface area contributed by atoms with Crippen molar-refractivity contribution < 1.29 is 19.0 Å². The molecule has 0 saturated carbocycles. The number of carbonyl (C=O) groups is 1. The monoisotopic (exact) mass is 453 g/mol. The standard InChI is InChI=1S/C24H31N5O4/c1-15-21(29-9-7-18-19(29)6-5-8-25-18)26-14-27-22(15)32-20-16-10-28(11-17(20)13-31-12-16)23(30)33-24(2,3)4/h5-6,8,14,16-17,20H,7,9-13H2,1-4H3. The van der Waals surface area contributed by atoms with E-state index in [4.69, 9.17) is 14.2 Å². The van der Waals surface area contributed by atoms with Crippen LogP contribution in [0.4, 0.5) is 16.3 Å². The summed E-state index contributed by atoms with van der Waals surface area (Å²) >= 11 is 0. The normalized spacial score (nSPS) is 24.4. The third-order valence-corrected chi connectivity index (χ3v) is 6.40. The van der Waals surface area contributed by atoms with Gasteiger partial charge in [-0.05, 0) is 39.8 Å². The highest BCUT2D eigenvalue weighted by molar-refractivity contribution is 5.69. The van der Waals surface area contributed by atoms with E-state index in [0.29, 0.717) is 32.2 Å². The molecule has 2 bridgehead atoms. The van der Waals surface area contributed by atoms with E-state index in [1.807, 2.05) is 40.0 Å². The number of hydrogen-bond donors (Lipinski definition) is 0. The lowest BCUT2D eigenvalue weighted by Gasteiger charge is -2.46. The van der Waals surface area contributed by atoms with E-state index < -0.39 is 5.60 Å². The minimum Gasteiger partial charge on any atom is -0.473 e. The first-order chi connectivity index (χ1) is 15.8. The average Bonchev–Trinajstić information content (AvgIpc) is 3.18. The van der Waals surface area contributed by atoms with Gasteiger partial charge in [-0.15, -0.1) is 0 Å². The van der Waals surface area contributed by atoms with Gasteiger partial charge in [0.15, 0.2) is 0 Å². The van der Waals surface area contributed by atoms with Gasteiger partial charge in [0.05, 0.1) is 30.2 Å². The molecule has 33 heavy (non-hydrogen) atoms. The quantitative estimate of drug-likeness (QED) is 0.700. The third-order valence-electron chi connectivity index (χ3n) is 6.40. The topological polar surface area (TPSA) is 89.9 Å². The van der Waals surface area contributed by atoms with E-state index in [1.54, 1.807) is 11.2 Å². The second kappa shape index (κ2) is 8.44. The molecule has 0 aliphatic carbocycles. The van der Waals surface area contributed by atoms with Crippen LogP contribution in [0.1, 0.15) is 32.0 Å². The zero-order chi connectivity index (χ0) is 23.2. The molecule has 2 unspecified atom stereocenters. The fourth-order valence-corrected chi connectivity index (χ4v) is 4.94. The number of amides is 1. The van der Waals surface area contributed by atoms with Gasteiger partial charge in [0, 0.05) is 44.1 Å². The molecule has 2 saturated heterocycles. The Morgan fingerprint density at radius 3 is 2.64 bits per heavy atom. The van der Waals surface area contributed by atoms with E-state index in [9.17, 15) is 4.79 Å². The predicted octanol–water partition coefficient (Wildman–Crippen LogP) is 3.13. The SMILES string of the molecule is Cc1c(OC2C3COCC2CN(C(=O)OC(C)(C)C)C3)ncnc1N1CCc2ncccc21. The number of pyridine rings is 1. The molecule has 5 rings (SSSR count). The summed E-state index contributed by atoms with van der Waals surface area (Å²) in [6, 6.07) is 4.02. The summed E-state index contributed by atoms with van der Waals surface area (Å²) in [4.78, 5) is 30.1. The molecular formula is C24H31N5O4. The highest BCUT2D eigenvalue weighted by Gasteiger charge is 2.44. The zero-order valence-corrected chi connectivity index (χ0v) is 19.7. The molecule has 3 aliphatic heterocycles. The molecule has 176 valence electrons. The summed E-state index contributed by atoms with van der Waals surface area (Å²) in [7, 11) is 0. The number of piperidine rings is 1. The van der Waals surface area contributed by atoms with E-state index in [-0.39, 0.29) is 24.0 Å². The van der Waals surface area contributed by atoms with Crippen molar-refractivity contribution in [2.75, 3.05) is 37.7 Å². The first-order valence-corrected chi connectivity index (χ1v) is 11.6. The zero-order valence-electron chi connectivity index (χ0n) is 19.7. The predicted molar refractivity (Wildman–Crippen MR) is 122 cm³/mol. The minimum atomic E-state index is -0.520. The number of ether oxygens (including phenoxy) is 3. The van der Waals surface area contributed by atoms with Crippen LogP contribution in [0, 0.1) is 18.8 Å². The van der Waals surface area contributed by atoms with Gasteiger partial charge < -0.3 is 24.0 Å². The molecule has 2 aromatic heterocycles. The van der Waals surface area contributed by atoms with Crippen LogP contribution in [0.25, 0.3) is 0 Å². The van der Waals surface area contributed by atoms with Gasteiger partial charge >= 0.3 is 6.09 Å². The number of likely N-dealkylation sites (tertiary alicyclic amines) is 1. The molecule has 5 heterocycles. The summed E-state index contributed by atoms with van der Waals surface area (Å²) in [5.41, 5.74) is 2.55. The van der Waals surface area contributed by atoms with E-state index in [2.05, 4.69) is 25.9 Å². The Morgan fingerprint density at radius 2 is 1.91 bits per heavy atom. The van der Waals surface area contributed by atoms with Crippen molar-refractivity contribution in [1.82, 2.24) is 19.9 Å². The second-order valence-electron chi connectivity index (χ2n) is 10.0. The van der Waals surface area contributed by atoms with Gasteiger partial charge in [-0.25, -0.2) is 14.8 Å². The van der Waals surface area contributed by atoms with Gasteiger partial charge in [-0.2, -0.15) is 0 Å².